The minimum absolute atomic E-state index is 0.275. The lowest BCUT2D eigenvalue weighted by Gasteiger charge is -2.28. The van der Waals surface area contributed by atoms with E-state index in [1.54, 1.807) is 16.7 Å². The average Bonchev–Trinajstić information content (AvgIpc) is 3.00. The molecule has 0 aromatic heterocycles. The molecule has 3 aromatic rings. The Bertz CT molecular complexity index is 1190. The van der Waals surface area contributed by atoms with Crippen molar-refractivity contribution in [3.8, 4) is 0 Å². The molecule has 172 valence electrons. The maximum absolute atomic E-state index is 13.9. The number of hydrogen-bond donors (Lipinski definition) is 1. The molecule has 0 spiro atoms. The van der Waals surface area contributed by atoms with E-state index in [2.05, 4.69) is 12.2 Å². The van der Waals surface area contributed by atoms with Crippen molar-refractivity contribution in [3.63, 3.8) is 0 Å². The van der Waals surface area contributed by atoms with Crippen molar-refractivity contribution in [2.75, 3.05) is 18.0 Å². The summed E-state index contributed by atoms with van der Waals surface area (Å²) in [6.07, 6.45) is 0.823. The fraction of sp³-hybridized carbons (Fsp3) is 0.222. The molecule has 5 rings (SSSR count). The van der Waals surface area contributed by atoms with Gasteiger partial charge in [0.15, 0.2) is 5.54 Å². The van der Waals surface area contributed by atoms with Gasteiger partial charge in [-0.15, -0.1) is 11.8 Å². The molecule has 2 aliphatic heterocycles. The van der Waals surface area contributed by atoms with Crippen LogP contribution < -0.4 is 10.2 Å². The lowest BCUT2D eigenvalue weighted by atomic mass is 9.82. The third-order valence-electron chi connectivity index (χ3n) is 6.36. The molecule has 0 radical (unpaired) electrons. The molecule has 0 bridgehead atoms. The highest BCUT2D eigenvalue weighted by molar-refractivity contribution is 8.00. The zero-order chi connectivity index (χ0) is 23.7. The third-order valence-corrected chi connectivity index (χ3v) is 7.59. The van der Waals surface area contributed by atoms with E-state index < -0.39 is 17.5 Å². The molecule has 6 nitrogen and oxygen atoms in total. The van der Waals surface area contributed by atoms with E-state index >= 15 is 0 Å². The van der Waals surface area contributed by atoms with Crippen LogP contribution in [0.4, 0.5) is 10.5 Å². The number of carbonyl (C=O) groups is 3. The summed E-state index contributed by atoms with van der Waals surface area (Å²) in [4.78, 5) is 44.3. The largest absolute Gasteiger partial charge is 0.326 e. The first kappa shape index (κ1) is 22.2. The molecule has 4 amide bonds. The molecule has 1 N–H and O–H groups in total. The standard InChI is InChI=1S/C27H25N3O3S/c1-19-16-17-29(22-14-8-9-15-23(22)34-19)24(31)18-30-25(32)27(28-26(30)33,20-10-4-2-5-11-20)21-12-6-3-7-13-21/h2-15,19H,16-18H2,1H3,(H,28,33). The molecule has 0 saturated carbocycles. The highest BCUT2D eigenvalue weighted by Crippen LogP contribution is 2.38. The normalized spacial score (nSPS) is 19.4. The van der Waals surface area contributed by atoms with Crippen molar-refractivity contribution < 1.29 is 14.4 Å². The first-order valence-corrected chi connectivity index (χ1v) is 12.2. The molecular formula is C27H25N3O3S. The molecule has 2 heterocycles. The molecule has 0 aliphatic carbocycles. The van der Waals surface area contributed by atoms with E-state index in [1.807, 2.05) is 84.9 Å². The fourth-order valence-electron chi connectivity index (χ4n) is 4.62. The summed E-state index contributed by atoms with van der Waals surface area (Å²) in [5.41, 5.74) is 0.756. The Morgan fingerprint density at radius 1 is 0.941 bits per heavy atom. The number of rotatable bonds is 4. The van der Waals surface area contributed by atoms with E-state index in [9.17, 15) is 14.4 Å². The Labute approximate surface area is 202 Å². The Hall–Kier alpha value is -3.58. The van der Waals surface area contributed by atoms with E-state index in [-0.39, 0.29) is 12.5 Å². The quantitative estimate of drug-likeness (QED) is 0.573. The Morgan fingerprint density at radius 2 is 1.53 bits per heavy atom. The highest BCUT2D eigenvalue weighted by Gasteiger charge is 2.54. The second kappa shape index (κ2) is 8.99. The van der Waals surface area contributed by atoms with Crippen LogP contribution in [0.5, 0.6) is 0 Å². The van der Waals surface area contributed by atoms with Gasteiger partial charge in [-0.1, -0.05) is 79.7 Å². The lowest BCUT2D eigenvalue weighted by molar-refractivity contribution is -0.133. The number of thioether (sulfide) groups is 1. The lowest BCUT2D eigenvalue weighted by Crippen LogP contribution is -2.46. The Balaban J connectivity index is 1.48. The number of urea groups is 1. The van der Waals surface area contributed by atoms with Crippen molar-refractivity contribution in [1.29, 1.82) is 0 Å². The van der Waals surface area contributed by atoms with Gasteiger partial charge in [0.1, 0.15) is 6.54 Å². The van der Waals surface area contributed by atoms with Crippen LogP contribution in [0.15, 0.2) is 89.8 Å². The van der Waals surface area contributed by atoms with Crippen LogP contribution in [-0.2, 0) is 15.1 Å². The molecule has 7 heteroatoms. The molecule has 2 aliphatic rings. The molecule has 1 fully saturated rings. The number of imide groups is 1. The summed E-state index contributed by atoms with van der Waals surface area (Å²) < 4.78 is 0. The number of fused-ring (bicyclic) bond motifs is 1. The topological polar surface area (TPSA) is 69.7 Å². The van der Waals surface area contributed by atoms with Gasteiger partial charge in [0.05, 0.1) is 5.69 Å². The van der Waals surface area contributed by atoms with Crippen molar-refractivity contribution in [3.05, 3.63) is 96.1 Å². The number of benzene rings is 3. The second-order valence-corrected chi connectivity index (χ2v) is 10.0. The van der Waals surface area contributed by atoms with Crippen molar-refractivity contribution >= 4 is 35.3 Å². The SMILES string of the molecule is CC1CCN(C(=O)CN2C(=O)NC(c3ccccc3)(c3ccccc3)C2=O)c2ccccc2S1. The van der Waals surface area contributed by atoms with Crippen molar-refractivity contribution in [1.82, 2.24) is 10.2 Å². The van der Waals surface area contributed by atoms with Gasteiger partial charge in [-0.05, 0) is 29.7 Å². The van der Waals surface area contributed by atoms with Crippen LogP contribution in [0.3, 0.4) is 0 Å². The number of nitrogens with one attached hydrogen (secondary N) is 1. The van der Waals surface area contributed by atoms with Gasteiger partial charge in [-0.25, -0.2) is 4.79 Å². The minimum Gasteiger partial charge on any atom is -0.315 e. The summed E-state index contributed by atoms with van der Waals surface area (Å²) in [6, 6.07) is 25.5. The summed E-state index contributed by atoms with van der Waals surface area (Å²) in [7, 11) is 0. The van der Waals surface area contributed by atoms with E-state index in [0.717, 1.165) is 21.9 Å². The highest BCUT2D eigenvalue weighted by atomic mass is 32.2. The second-order valence-electron chi connectivity index (χ2n) is 8.53. The van der Waals surface area contributed by atoms with E-state index in [4.69, 9.17) is 0 Å². The Kier molecular flexibility index (Phi) is 5.87. The van der Waals surface area contributed by atoms with Crippen molar-refractivity contribution in [2.45, 2.75) is 29.0 Å². The van der Waals surface area contributed by atoms with Gasteiger partial charge in [-0.3, -0.25) is 14.5 Å². The summed E-state index contributed by atoms with van der Waals surface area (Å²) in [5, 5.41) is 3.27. The smallest absolute Gasteiger partial charge is 0.315 e. The number of carbonyl (C=O) groups excluding carboxylic acids is 3. The first-order valence-electron chi connectivity index (χ1n) is 11.3. The van der Waals surface area contributed by atoms with Crippen LogP contribution in [0.1, 0.15) is 24.5 Å². The number of anilines is 1. The monoisotopic (exact) mass is 471 g/mol. The summed E-state index contributed by atoms with van der Waals surface area (Å²) >= 11 is 1.74. The molecule has 34 heavy (non-hydrogen) atoms. The summed E-state index contributed by atoms with van der Waals surface area (Å²) in [6.45, 7) is 2.36. The molecule has 1 unspecified atom stereocenters. The Morgan fingerprint density at radius 3 is 2.18 bits per heavy atom. The van der Waals surface area contributed by atoms with Crippen molar-refractivity contribution in [2.24, 2.45) is 0 Å². The zero-order valence-electron chi connectivity index (χ0n) is 18.8. The van der Waals surface area contributed by atoms with Crippen LogP contribution in [0, 0.1) is 0 Å². The van der Waals surface area contributed by atoms with Gasteiger partial charge in [0.2, 0.25) is 5.91 Å². The minimum atomic E-state index is -1.37. The zero-order valence-corrected chi connectivity index (χ0v) is 19.6. The number of amides is 4. The van der Waals surface area contributed by atoms with Gasteiger partial charge < -0.3 is 10.2 Å². The number of hydrogen-bond acceptors (Lipinski definition) is 4. The van der Waals surface area contributed by atoms with Crippen LogP contribution in [-0.4, -0.2) is 41.1 Å². The van der Waals surface area contributed by atoms with Gasteiger partial charge >= 0.3 is 6.03 Å². The maximum Gasteiger partial charge on any atom is 0.326 e. The van der Waals surface area contributed by atoms with Crippen LogP contribution in [0.2, 0.25) is 0 Å². The van der Waals surface area contributed by atoms with Crippen LogP contribution in [0.25, 0.3) is 0 Å². The van der Waals surface area contributed by atoms with Gasteiger partial charge in [0.25, 0.3) is 5.91 Å². The van der Waals surface area contributed by atoms with Gasteiger partial charge in [-0.2, -0.15) is 0 Å². The van der Waals surface area contributed by atoms with E-state index in [1.165, 1.54) is 0 Å². The predicted molar refractivity (Wildman–Crippen MR) is 133 cm³/mol. The molecule has 1 saturated heterocycles. The van der Waals surface area contributed by atoms with Crippen LogP contribution >= 0.6 is 11.8 Å². The third kappa shape index (κ3) is 3.76. The molecule has 3 aromatic carbocycles. The average molecular weight is 472 g/mol. The summed E-state index contributed by atoms with van der Waals surface area (Å²) in [5.74, 6) is -0.725. The number of para-hydroxylation sites is 1. The number of nitrogens with zero attached hydrogens (tertiary/aromatic N) is 2. The molecular weight excluding hydrogens is 446 g/mol. The maximum atomic E-state index is 13.9. The molecule has 1 atom stereocenters. The first-order chi connectivity index (χ1) is 16.5. The van der Waals surface area contributed by atoms with Gasteiger partial charge in [0, 0.05) is 16.7 Å². The fourth-order valence-corrected chi connectivity index (χ4v) is 5.73. The predicted octanol–water partition coefficient (Wildman–Crippen LogP) is 4.40. The van der Waals surface area contributed by atoms with E-state index in [0.29, 0.717) is 22.9 Å².